The van der Waals surface area contributed by atoms with E-state index in [0.717, 1.165) is 31.8 Å². The summed E-state index contributed by atoms with van der Waals surface area (Å²) in [5, 5.41) is 3.50. The highest BCUT2D eigenvalue weighted by molar-refractivity contribution is 5.76. The highest BCUT2D eigenvalue weighted by atomic mass is 16.5. The molecule has 4 nitrogen and oxygen atoms in total. The molecular formula is C17H26N2O2. The minimum Gasteiger partial charge on any atom is -0.493 e. The Hall–Kier alpha value is -1.55. The minimum atomic E-state index is 0.202. The summed E-state index contributed by atoms with van der Waals surface area (Å²) in [6.07, 6.45) is 1.49. The quantitative estimate of drug-likeness (QED) is 0.874. The number of benzene rings is 1. The van der Waals surface area contributed by atoms with E-state index in [1.807, 2.05) is 35.2 Å². The number of carbonyl (C=O) groups is 1. The lowest BCUT2D eigenvalue weighted by atomic mass is 9.93. The summed E-state index contributed by atoms with van der Waals surface area (Å²) >= 11 is 0. The Balaban J connectivity index is 1.72. The molecule has 0 spiro atoms. The fourth-order valence-corrected chi connectivity index (χ4v) is 2.87. The fraction of sp³-hybridized carbons (Fsp3) is 0.588. The summed E-state index contributed by atoms with van der Waals surface area (Å²) in [6.45, 7) is 7.49. The molecule has 1 aliphatic rings. The van der Waals surface area contributed by atoms with Crippen LogP contribution in [0.4, 0.5) is 0 Å². The van der Waals surface area contributed by atoms with Gasteiger partial charge in [-0.2, -0.15) is 0 Å². The monoisotopic (exact) mass is 290 g/mol. The molecule has 0 saturated carbocycles. The molecule has 4 heteroatoms. The summed E-state index contributed by atoms with van der Waals surface area (Å²) in [5.74, 6) is 1.54. The number of likely N-dealkylation sites (tertiary alicyclic amines) is 1. The van der Waals surface area contributed by atoms with Crippen molar-refractivity contribution < 1.29 is 9.53 Å². The van der Waals surface area contributed by atoms with E-state index in [2.05, 4.69) is 19.2 Å². The molecular weight excluding hydrogens is 264 g/mol. The first kappa shape index (κ1) is 15.8. The van der Waals surface area contributed by atoms with Crippen LogP contribution in [-0.4, -0.2) is 43.1 Å². The van der Waals surface area contributed by atoms with E-state index in [1.165, 1.54) is 0 Å². The average molecular weight is 290 g/mol. The molecule has 2 atom stereocenters. The number of piperidine rings is 1. The van der Waals surface area contributed by atoms with Gasteiger partial charge in [-0.1, -0.05) is 32.0 Å². The number of nitrogens with zero attached hydrogens (tertiary/aromatic N) is 1. The van der Waals surface area contributed by atoms with Gasteiger partial charge in [0.05, 0.1) is 13.0 Å². The van der Waals surface area contributed by atoms with Crippen molar-refractivity contribution in [3.8, 4) is 5.75 Å². The van der Waals surface area contributed by atoms with Crippen molar-refractivity contribution in [1.82, 2.24) is 10.2 Å². The van der Waals surface area contributed by atoms with Crippen molar-refractivity contribution in [2.45, 2.75) is 32.7 Å². The Morgan fingerprint density at radius 2 is 2.14 bits per heavy atom. The second-order valence-electron chi connectivity index (χ2n) is 5.68. The maximum atomic E-state index is 12.2. The minimum absolute atomic E-state index is 0.202. The van der Waals surface area contributed by atoms with Crippen LogP contribution >= 0.6 is 0 Å². The lowest BCUT2D eigenvalue weighted by Crippen LogP contribution is -2.50. The van der Waals surface area contributed by atoms with Crippen molar-refractivity contribution in [1.29, 1.82) is 0 Å². The first-order valence-corrected chi connectivity index (χ1v) is 7.89. The zero-order valence-corrected chi connectivity index (χ0v) is 13.0. The van der Waals surface area contributed by atoms with E-state index in [1.54, 1.807) is 0 Å². The number of nitrogens with one attached hydrogen (secondary N) is 1. The number of hydrogen-bond acceptors (Lipinski definition) is 3. The van der Waals surface area contributed by atoms with Gasteiger partial charge in [0, 0.05) is 19.1 Å². The number of carbonyl (C=O) groups excluding carboxylic acids is 1. The molecule has 2 unspecified atom stereocenters. The van der Waals surface area contributed by atoms with Crippen molar-refractivity contribution in [2.75, 3.05) is 26.2 Å². The summed E-state index contributed by atoms with van der Waals surface area (Å²) < 4.78 is 5.59. The molecule has 1 aromatic carbocycles. The zero-order valence-electron chi connectivity index (χ0n) is 13.0. The Morgan fingerprint density at radius 1 is 1.38 bits per heavy atom. The topological polar surface area (TPSA) is 41.6 Å². The van der Waals surface area contributed by atoms with Crippen molar-refractivity contribution in [3.05, 3.63) is 30.3 Å². The summed E-state index contributed by atoms with van der Waals surface area (Å²) in [7, 11) is 0. The van der Waals surface area contributed by atoms with Crippen molar-refractivity contribution >= 4 is 5.91 Å². The average Bonchev–Trinajstić information content (AvgIpc) is 2.50. The summed E-state index contributed by atoms with van der Waals surface area (Å²) in [5.41, 5.74) is 0. The molecule has 21 heavy (non-hydrogen) atoms. The van der Waals surface area contributed by atoms with Gasteiger partial charge in [0.25, 0.3) is 0 Å². The third-order valence-corrected chi connectivity index (χ3v) is 4.05. The molecule has 0 radical (unpaired) electrons. The normalized spacial score (nSPS) is 22.1. The van der Waals surface area contributed by atoms with Crippen molar-refractivity contribution in [3.63, 3.8) is 0 Å². The lowest BCUT2D eigenvalue weighted by Gasteiger charge is -2.37. The van der Waals surface area contributed by atoms with E-state index in [4.69, 9.17) is 4.74 Å². The maximum Gasteiger partial charge on any atom is 0.226 e. The predicted molar refractivity (Wildman–Crippen MR) is 84.4 cm³/mol. The largest absolute Gasteiger partial charge is 0.493 e. The predicted octanol–water partition coefficient (Wildman–Crippen LogP) is 2.30. The zero-order chi connectivity index (χ0) is 15.1. The van der Waals surface area contributed by atoms with Gasteiger partial charge in [0.2, 0.25) is 5.91 Å². The summed E-state index contributed by atoms with van der Waals surface area (Å²) in [4.78, 5) is 14.2. The standard InChI is InChI=1S/C17H26N2O2/c1-3-18-16-9-11-19(13-14(16)2)17(20)10-12-21-15-7-5-4-6-8-15/h4-8,14,16,18H,3,9-13H2,1-2H3. The second kappa shape index (κ2) is 8.03. The molecule has 1 saturated heterocycles. The Labute approximate surface area is 127 Å². The fourth-order valence-electron chi connectivity index (χ4n) is 2.87. The van der Waals surface area contributed by atoms with Crippen LogP contribution in [-0.2, 0) is 4.79 Å². The van der Waals surface area contributed by atoms with E-state index in [-0.39, 0.29) is 5.91 Å². The molecule has 0 aliphatic carbocycles. The molecule has 1 amide bonds. The molecule has 1 aromatic rings. The van der Waals surface area contributed by atoms with Crippen LogP contribution in [0.5, 0.6) is 5.75 Å². The van der Waals surface area contributed by atoms with Crippen LogP contribution in [0, 0.1) is 5.92 Å². The number of amides is 1. The van der Waals surface area contributed by atoms with Gasteiger partial charge >= 0.3 is 0 Å². The SMILES string of the molecule is CCNC1CCN(C(=O)CCOc2ccccc2)CC1C. The molecule has 1 N–H and O–H groups in total. The first-order chi connectivity index (χ1) is 10.2. The number of hydrogen-bond donors (Lipinski definition) is 1. The molecule has 1 heterocycles. The second-order valence-corrected chi connectivity index (χ2v) is 5.68. The smallest absolute Gasteiger partial charge is 0.226 e. The lowest BCUT2D eigenvalue weighted by molar-refractivity contribution is -0.133. The molecule has 116 valence electrons. The third kappa shape index (κ3) is 4.74. The third-order valence-electron chi connectivity index (χ3n) is 4.05. The summed E-state index contributed by atoms with van der Waals surface area (Å²) in [6, 6.07) is 10.2. The van der Waals surface area contributed by atoms with Gasteiger partial charge in [0.15, 0.2) is 0 Å². The Morgan fingerprint density at radius 3 is 2.81 bits per heavy atom. The van der Waals surface area contributed by atoms with E-state index < -0.39 is 0 Å². The van der Waals surface area contributed by atoms with E-state index in [9.17, 15) is 4.79 Å². The van der Waals surface area contributed by atoms with E-state index in [0.29, 0.717) is 25.0 Å². The Kier molecular flexibility index (Phi) is 6.05. The molecule has 0 aromatic heterocycles. The van der Waals surface area contributed by atoms with Crippen LogP contribution in [0.1, 0.15) is 26.7 Å². The number of rotatable bonds is 6. The van der Waals surface area contributed by atoms with Crippen LogP contribution < -0.4 is 10.1 Å². The van der Waals surface area contributed by atoms with Gasteiger partial charge in [-0.3, -0.25) is 4.79 Å². The van der Waals surface area contributed by atoms with E-state index >= 15 is 0 Å². The Bertz CT molecular complexity index is 436. The number of ether oxygens (including phenoxy) is 1. The van der Waals surface area contributed by atoms with Gasteiger partial charge < -0.3 is 15.0 Å². The molecule has 1 aliphatic heterocycles. The highest BCUT2D eigenvalue weighted by Crippen LogP contribution is 2.17. The molecule has 2 rings (SSSR count). The van der Waals surface area contributed by atoms with Crippen LogP contribution in [0.2, 0.25) is 0 Å². The van der Waals surface area contributed by atoms with Gasteiger partial charge in [0.1, 0.15) is 5.75 Å². The van der Waals surface area contributed by atoms with Crippen molar-refractivity contribution in [2.24, 2.45) is 5.92 Å². The maximum absolute atomic E-state index is 12.2. The van der Waals surface area contributed by atoms with Gasteiger partial charge in [-0.05, 0) is 31.0 Å². The molecule has 1 fully saturated rings. The van der Waals surface area contributed by atoms with Gasteiger partial charge in [-0.25, -0.2) is 0 Å². The van der Waals surface area contributed by atoms with Gasteiger partial charge in [-0.15, -0.1) is 0 Å². The highest BCUT2D eigenvalue weighted by Gasteiger charge is 2.27. The number of para-hydroxylation sites is 1. The van der Waals surface area contributed by atoms with Crippen LogP contribution in [0.25, 0.3) is 0 Å². The first-order valence-electron chi connectivity index (χ1n) is 7.89. The van der Waals surface area contributed by atoms with Crippen LogP contribution in [0.15, 0.2) is 30.3 Å². The van der Waals surface area contributed by atoms with Crippen LogP contribution in [0.3, 0.4) is 0 Å². The molecule has 0 bridgehead atoms.